The second-order valence-corrected chi connectivity index (χ2v) is 6.60. The molecule has 5 heteroatoms. The van der Waals surface area contributed by atoms with E-state index in [9.17, 15) is 0 Å². The van der Waals surface area contributed by atoms with Crippen LogP contribution < -0.4 is 0 Å². The van der Waals surface area contributed by atoms with Gasteiger partial charge >= 0.3 is 11.9 Å². The predicted octanol–water partition coefficient (Wildman–Crippen LogP) is 3.24. The zero-order valence-corrected chi connectivity index (χ0v) is 15.0. The third kappa shape index (κ3) is 6.33. The maximum absolute atomic E-state index is 9.10. The Morgan fingerprint density at radius 1 is 0.923 bits per heavy atom. The molecule has 26 heavy (non-hydrogen) atoms. The summed E-state index contributed by atoms with van der Waals surface area (Å²) in [5, 5.41) is 14.8. The molecule has 2 N–H and O–H groups in total. The summed E-state index contributed by atoms with van der Waals surface area (Å²) in [5.74, 6) is -2.90. The van der Waals surface area contributed by atoms with E-state index in [1.54, 1.807) is 0 Å². The molecule has 1 heterocycles. The van der Waals surface area contributed by atoms with Crippen LogP contribution in [0.4, 0.5) is 0 Å². The molecule has 0 radical (unpaired) electrons. The summed E-state index contributed by atoms with van der Waals surface area (Å²) in [4.78, 5) is 20.6. The van der Waals surface area contributed by atoms with Gasteiger partial charge in [0, 0.05) is 0 Å². The second kappa shape index (κ2) is 9.73. The number of carbonyl (C=O) groups is 2. The minimum absolute atomic E-state index is 0.752. The third-order valence-corrected chi connectivity index (χ3v) is 4.58. The zero-order chi connectivity index (χ0) is 18.9. The van der Waals surface area contributed by atoms with E-state index in [0.29, 0.717) is 0 Å². The minimum atomic E-state index is -1.82. The molecule has 2 aromatic rings. The largest absolute Gasteiger partial charge is 0.473 e. The van der Waals surface area contributed by atoms with Crippen LogP contribution in [0.3, 0.4) is 0 Å². The van der Waals surface area contributed by atoms with Gasteiger partial charge in [-0.3, -0.25) is 0 Å². The lowest BCUT2D eigenvalue weighted by Gasteiger charge is -2.29. The Bertz CT molecular complexity index is 710. The Balaban J connectivity index is 0.000000352. The number of nitrogens with zero attached hydrogens (tertiary/aromatic N) is 1. The zero-order valence-electron chi connectivity index (χ0n) is 15.0. The number of piperidine rings is 1. The van der Waals surface area contributed by atoms with E-state index in [1.807, 2.05) is 0 Å². The van der Waals surface area contributed by atoms with E-state index in [2.05, 4.69) is 66.5 Å². The molecule has 2 aromatic carbocycles. The SMILES string of the molecule is CN1CCC(c2cccc(Cc3ccccc3)c2)CC1.O=C(O)C(=O)O. The quantitative estimate of drug-likeness (QED) is 0.827. The molecule has 0 spiro atoms. The number of hydrogen-bond acceptors (Lipinski definition) is 3. The average Bonchev–Trinajstić information content (AvgIpc) is 2.64. The van der Waals surface area contributed by atoms with Crippen LogP contribution in [-0.2, 0) is 16.0 Å². The van der Waals surface area contributed by atoms with Crippen molar-refractivity contribution in [3.63, 3.8) is 0 Å². The van der Waals surface area contributed by atoms with Gasteiger partial charge in [-0.15, -0.1) is 0 Å². The maximum atomic E-state index is 9.10. The number of carboxylic acid groups (broad SMARTS) is 2. The molecule has 1 saturated heterocycles. The highest BCUT2D eigenvalue weighted by molar-refractivity contribution is 6.27. The standard InChI is InChI=1S/C19H23N.C2H2O4/c1-20-12-10-18(11-13-20)19-9-5-8-17(15-19)14-16-6-3-2-4-7-16;3-1(4)2(5)6/h2-9,15,18H,10-14H2,1H3;(H,3,4)(H,5,6). The van der Waals surface area contributed by atoms with Gasteiger partial charge in [-0.25, -0.2) is 9.59 Å². The molecule has 0 aromatic heterocycles. The Kier molecular flexibility index (Phi) is 7.36. The van der Waals surface area contributed by atoms with E-state index in [1.165, 1.54) is 42.6 Å². The topological polar surface area (TPSA) is 77.8 Å². The van der Waals surface area contributed by atoms with Gasteiger partial charge in [0.2, 0.25) is 0 Å². The molecule has 0 atom stereocenters. The van der Waals surface area contributed by atoms with Gasteiger partial charge in [-0.1, -0.05) is 54.6 Å². The molecule has 0 amide bonds. The van der Waals surface area contributed by atoms with Crippen molar-refractivity contribution in [2.24, 2.45) is 0 Å². The van der Waals surface area contributed by atoms with Crippen LogP contribution in [0, 0.1) is 0 Å². The van der Waals surface area contributed by atoms with Gasteiger partial charge in [0.25, 0.3) is 0 Å². The highest BCUT2D eigenvalue weighted by Crippen LogP contribution is 2.28. The molecule has 0 saturated carbocycles. The summed E-state index contributed by atoms with van der Waals surface area (Å²) in [6.45, 7) is 2.46. The first-order valence-corrected chi connectivity index (χ1v) is 8.73. The van der Waals surface area contributed by atoms with Gasteiger partial charge in [-0.05, 0) is 62.0 Å². The van der Waals surface area contributed by atoms with Crippen LogP contribution in [0.2, 0.25) is 0 Å². The lowest BCUT2D eigenvalue weighted by atomic mass is 9.88. The van der Waals surface area contributed by atoms with Crippen molar-refractivity contribution in [2.75, 3.05) is 20.1 Å². The molecule has 0 unspecified atom stereocenters. The first-order valence-electron chi connectivity index (χ1n) is 8.73. The van der Waals surface area contributed by atoms with Gasteiger partial charge in [0.15, 0.2) is 0 Å². The Labute approximate surface area is 153 Å². The minimum Gasteiger partial charge on any atom is -0.473 e. The Morgan fingerprint density at radius 3 is 2.08 bits per heavy atom. The molecule has 138 valence electrons. The second-order valence-electron chi connectivity index (χ2n) is 6.60. The lowest BCUT2D eigenvalue weighted by Crippen LogP contribution is -2.29. The maximum Gasteiger partial charge on any atom is 0.414 e. The van der Waals surface area contributed by atoms with Crippen LogP contribution in [0.1, 0.15) is 35.4 Å². The molecule has 5 nitrogen and oxygen atoms in total. The molecule has 1 fully saturated rings. The molecule has 3 rings (SSSR count). The predicted molar refractivity (Wildman–Crippen MR) is 100 cm³/mol. The van der Waals surface area contributed by atoms with Crippen molar-refractivity contribution in [2.45, 2.75) is 25.2 Å². The van der Waals surface area contributed by atoms with Crippen molar-refractivity contribution < 1.29 is 19.8 Å². The smallest absolute Gasteiger partial charge is 0.414 e. The Morgan fingerprint density at radius 2 is 1.50 bits per heavy atom. The monoisotopic (exact) mass is 355 g/mol. The van der Waals surface area contributed by atoms with Crippen LogP contribution >= 0.6 is 0 Å². The number of rotatable bonds is 3. The molecule has 0 aliphatic carbocycles. The number of benzene rings is 2. The summed E-state index contributed by atoms with van der Waals surface area (Å²) >= 11 is 0. The van der Waals surface area contributed by atoms with Crippen molar-refractivity contribution in [3.8, 4) is 0 Å². The van der Waals surface area contributed by atoms with E-state index >= 15 is 0 Å². The highest BCUT2D eigenvalue weighted by Gasteiger charge is 2.18. The van der Waals surface area contributed by atoms with Crippen molar-refractivity contribution in [1.82, 2.24) is 4.90 Å². The normalized spacial score (nSPS) is 15.0. The summed E-state index contributed by atoms with van der Waals surface area (Å²) in [5.41, 5.74) is 4.37. The van der Waals surface area contributed by atoms with E-state index < -0.39 is 11.9 Å². The fourth-order valence-corrected chi connectivity index (χ4v) is 3.13. The highest BCUT2D eigenvalue weighted by atomic mass is 16.4. The Hall–Kier alpha value is -2.66. The molecule has 1 aliphatic rings. The number of aliphatic carboxylic acids is 2. The van der Waals surface area contributed by atoms with Gasteiger partial charge in [0.1, 0.15) is 0 Å². The van der Waals surface area contributed by atoms with Gasteiger partial charge in [-0.2, -0.15) is 0 Å². The van der Waals surface area contributed by atoms with Gasteiger partial charge < -0.3 is 15.1 Å². The van der Waals surface area contributed by atoms with Crippen molar-refractivity contribution in [3.05, 3.63) is 71.3 Å². The first kappa shape index (κ1) is 19.7. The van der Waals surface area contributed by atoms with Crippen molar-refractivity contribution in [1.29, 1.82) is 0 Å². The van der Waals surface area contributed by atoms with Gasteiger partial charge in [0.05, 0.1) is 0 Å². The van der Waals surface area contributed by atoms with Crippen LogP contribution in [0.5, 0.6) is 0 Å². The van der Waals surface area contributed by atoms with E-state index in [4.69, 9.17) is 19.8 Å². The third-order valence-electron chi connectivity index (χ3n) is 4.58. The molecular formula is C21H25NO4. The van der Waals surface area contributed by atoms with Crippen LogP contribution in [-0.4, -0.2) is 47.2 Å². The summed E-state index contributed by atoms with van der Waals surface area (Å²) in [6.07, 6.45) is 3.64. The molecular weight excluding hydrogens is 330 g/mol. The molecule has 0 bridgehead atoms. The fraction of sp³-hybridized carbons (Fsp3) is 0.333. The number of carboxylic acids is 2. The average molecular weight is 355 g/mol. The summed E-state index contributed by atoms with van der Waals surface area (Å²) in [7, 11) is 2.22. The van der Waals surface area contributed by atoms with Crippen LogP contribution in [0.25, 0.3) is 0 Å². The van der Waals surface area contributed by atoms with E-state index in [-0.39, 0.29) is 0 Å². The van der Waals surface area contributed by atoms with Crippen LogP contribution in [0.15, 0.2) is 54.6 Å². The number of likely N-dealkylation sites (tertiary alicyclic amines) is 1. The van der Waals surface area contributed by atoms with E-state index in [0.717, 1.165) is 12.3 Å². The number of hydrogen-bond donors (Lipinski definition) is 2. The van der Waals surface area contributed by atoms with Crippen molar-refractivity contribution >= 4 is 11.9 Å². The summed E-state index contributed by atoms with van der Waals surface area (Å²) < 4.78 is 0. The lowest BCUT2D eigenvalue weighted by molar-refractivity contribution is -0.159. The summed E-state index contributed by atoms with van der Waals surface area (Å²) in [6, 6.07) is 20.0. The first-order chi connectivity index (χ1) is 12.5. The molecule has 1 aliphatic heterocycles. The fourth-order valence-electron chi connectivity index (χ4n) is 3.13.